The maximum absolute atomic E-state index is 11.4. The highest BCUT2D eigenvalue weighted by Gasteiger charge is 2.35. The number of fused-ring (bicyclic) bond motifs is 1. The Balaban J connectivity index is 2.00. The van der Waals surface area contributed by atoms with Crippen LogP contribution in [0.15, 0.2) is 23.6 Å². The van der Waals surface area contributed by atoms with Gasteiger partial charge in [-0.2, -0.15) is 4.98 Å². The molecule has 20 heavy (non-hydrogen) atoms. The second kappa shape index (κ2) is 5.28. The van der Waals surface area contributed by atoms with Crippen LogP contribution in [0.4, 0.5) is 0 Å². The summed E-state index contributed by atoms with van der Waals surface area (Å²) in [5.41, 5.74) is 0.532. The molecule has 0 bridgehead atoms. The maximum Gasteiger partial charge on any atom is 0.278 e. The van der Waals surface area contributed by atoms with E-state index in [4.69, 9.17) is 15.0 Å². The second-order valence-electron chi connectivity index (χ2n) is 4.55. The molecule has 4 atom stereocenters. The highest BCUT2D eigenvalue weighted by Crippen LogP contribution is 2.32. The SMILES string of the molecule is N[S+]([O-])c1ncnc2c1ccn2[C@@H]1C[C@@H](O)[C@H](CO)O1. The third-order valence-corrected chi connectivity index (χ3v) is 4.06. The van der Waals surface area contributed by atoms with Gasteiger partial charge in [-0.05, 0) is 6.07 Å². The summed E-state index contributed by atoms with van der Waals surface area (Å²) in [5.74, 6) is 0. The van der Waals surface area contributed by atoms with Gasteiger partial charge < -0.3 is 24.1 Å². The molecule has 1 saturated heterocycles. The van der Waals surface area contributed by atoms with Crippen molar-refractivity contribution >= 4 is 22.4 Å². The molecule has 0 saturated carbocycles. The van der Waals surface area contributed by atoms with E-state index in [-0.39, 0.29) is 11.6 Å². The molecule has 0 aromatic carbocycles. The van der Waals surface area contributed by atoms with Crippen molar-refractivity contribution in [1.29, 1.82) is 0 Å². The molecule has 0 aliphatic carbocycles. The van der Waals surface area contributed by atoms with Crippen LogP contribution in [0.1, 0.15) is 12.6 Å². The van der Waals surface area contributed by atoms with Crippen molar-refractivity contribution < 1.29 is 19.5 Å². The zero-order chi connectivity index (χ0) is 14.3. The molecular weight excluding hydrogens is 284 g/mol. The number of aromatic nitrogens is 3. The minimum atomic E-state index is -1.70. The van der Waals surface area contributed by atoms with Gasteiger partial charge in [0.15, 0.2) is 5.65 Å². The number of rotatable bonds is 3. The Morgan fingerprint density at radius 1 is 1.55 bits per heavy atom. The molecule has 0 amide bonds. The lowest BCUT2D eigenvalue weighted by molar-refractivity contribution is -0.0430. The van der Waals surface area contributed by atoms with Crippen molar-refractivity contribution in [3.63, 3.8) is 0 Å². The van der Waals surface area contributed by atoms with Crippen molar-refractivity contribution in [3.05, 3.63) is 18.6 Å². The van der Waals surface area contributed by atoms with E-state index in [1.807, 2.05) is 0 Å². The van der Waals surface area contributed by atoms with Gasteiger partial charge in [-0.25, -0.2) is 4.98 Å². The largest absolute Gasteiger partial charge is 0.592 e. The molecule has 3 rings (SSSR count). The van der Waals surface area contributed by atoms with Crippen molar-refractivity contribution in [3.8, 4) is 0 Å². The molecule has 8 nitrogen and oxygen atoms in total. The van der Waals surface area contributed by atoms with Crippen LogP contribution in [-0.4, -0.2) is 48.1 Å². The normalized spacial score (nSPS) is 28.1. The number of aliphatic hydroxyl groups is 2. The standard InChI is InChI=1S/C11H14N4O4S/c12-20(18)11-6-1-2-15(10(6)13-5-14-11)9-3-7(17)8(4-16)19-9/h1-2,5,7-9,16-17H,3-4,12H2/t7-,8+,9+,20?/m1/s1. The van der Waals surface area contributed by atoms with Gasteiger partial charge in [0, 0.05) is 12.6 Å². The lowest BCUT2D eigenvalue weighted by Crippen LogP contribution is -2.24. The minimum absolute atomic E-state index is 0.246. The van der Waals surface area contributed by atoms with Crippen molar-refractivity contribution in [2.24, 2.45) is 5.14 Å². The summed E-state index contributed by atoms with van der Waals surface area (Å²) in [7, 11) is 0. The van der Waals surface area contributed by atoms with Gasteiger partial charge in [-0.15, -0.1) is 5.14 Å². The Labute approximate surface area is 117 Å². The first-order valence-electron chi connectivity index (χ1n) is 6.04. The summed E-state index contributed by atoms with van der Waals surface area (Å²) >= 11 is -1.70. The van der Waals surface area contributed by atoms with Crippen LogP contribution < -0.4 is 5.14 Å². The van der Waals surface area contributed by atoms with Gasteiger partial charge in [-0.3, -0.25) is 0 Å². The van der Waals surface area contributed by atoms with Crippen molar-refractivity contribution in [2.45, 2.75) is 29.9 Å². The fraction of sp³-hybridized carbons (Fsp3) is 0.455. The molecule has 1 unspecified atom stereocenters. The van der Waals surface area contributed by atoms with Crippen LogP contribution in [0, 0.1) is 0 Å². The van der Waals surface area contributed by atoms with Crippen LogP contribution >= 0.6 is 0 Å². The predicted octanol–water partition coefficient (Wildman–Crippen LogP) is -0.947. The molecule has 9 heteroatoms. The number of ether oxygens (including phenoxy) is 1. The third-order valence-electron chi connectivity index (χ3n) is 3.36. The second-order valence-corrected chi connectivity index (χ2v) is 5.53. The fourth-order valence-electron chi connectivity index (χ4n) is 2.39. The number of aliphatic hydroxyl groups excluding tert-OH is 2. The van der Waals surface area contributed by atoms with Gasteiger partial charge in [0.2, 0.25) is 0 Å². The monoisotopic (exact) mass is 298 g/mol. The zero-order valence-electron chi connectivity index (χ0n) is 10.4. The summed E-state index contributed by atoms with van der Waals surface area (Å²) in [6, 6.07) is 1.71. The average molecular weight is 298 g/mol. The molecule has 2 aromatic heterocycles. The van der Waals surface area contributed by atoms with Crippen LogP contribution in [0.5, 0.6) is 0 Å². The zero-order valence-corrected chi connectivity index (χ0v) is 11.2. The van der Waals surface area contributed by atoms with Crippen molar-refractivity contribution in [1.82, 2.24) is 14.5 Å². The van der Waals surface area contributed by atoms with Crippen LogP contribution in [0.25, 0.3) is 11.0 Å². The molecule has 108 valence electrons. The van der Waals surface area contributed by atoms with Gasteiger partial charge in [0.05, 0.1) is 29.5 Å². The Morgan fingerprint density at radius 3 is 3.00 bits per heavy atom. The minimum Gasteiger partial charge on any atom is -0.592 e. The summed E-state index contributed by atoms with van der Waals surface area (Å²) in [6.07, 6.45) is 1.57. The number of hydrogen-bond acceptors (Lipinski definition) is 7. The van der Waals surface area contributed by atoms with E-state index in [2.05, 4.69) is 9.97 Å². The lowest BCUT2D eigenvalue weighted by Gasteiger charge is -2.14. The summed E-state index contributed by atoms with van der Waals surface area (Å²) in [4.78, 5) is 8.06. The predicted molar refractivity (Wildman–Crippen MR) is 69.7 cm³/mol. The molecule has 4 N–H and O–H groups in total. The highest BCUT2D eigenvalue weighted by atomic mass is 32.2. The fourth-order valence-corrected chi connectivity index (χ4v) is 2.92. The van der Waals surface area contributed by atoms with Gasteiger partial charge in [-0.1, -0.05) is 0 Å². The smallest absolute Gasteiger partial charge is 0.278 e. The molecule has 3 heterocycles. The molecular formula is C11H14N4O4S. The van der Waals surface area contributed by atoms with E-state index in [0.29, 0.717) is 17.5 Å². The van der Waals surface area contributed by atoms with Gasteiger partial charge >= 0.3 is 0 Å². The average Bonchev–Trinajstić information content (AvgIpc) is 3.01. The Kier molecular flexibility index (Phi) is 3.63. The van der Waals surface area contributed by atoms with E-state index in [0.717, 1.165) is 0 Å². The first-order chi connectivity index (χ1) is 9.61. The Hall–Kier alpha value is -1.23. The molecule has 1 fully saturated rings. The maximum atomic E-state index is 11.4. The van der Waals surface area contributed by atoms with E-state index in [1.54, 1.807) is 16.8 Å². The van der Waals surface area contributed by atoms with Gasteiger partial charge in [0.1, 0.15) is 18.7 Å². The molecule has 0 radical (unpaired) electrons. The van der Waals surface area contributed by atoms with Crippen LogP contribution in [0.3, 0.4) is 0 Å². The van der Waals surface area contributed by atoms with Crippen LogP contribution in [0.2, 0.25) is 0 Å². The molecule has 2 aromatic rings. The van der Waals surface area contributed by atoms with Crippen molar-refractivity contribution in [2.75, 3.05) is 6.61 Å². The van der Waals surface area contributed by atoms with Gasteiger partial charge in [0.25, 0.3) is 5.03 Å². The van der Waals surface area contributed by atoms with E-state index in [9.17, 15) is 9.66 Å². The van der Waals surface area contributed by atoms with E-state index in [1.165, 1.54) is 6.33 Å². The quantitative estimate of drug-likeness (QED) is 0.492. The van der Waals surface area contributed by atoms with E-state index < -0.39 is 29.8 Å². The highest BCUT2D eigenvalue weighted by molar-refractivity contribution is 7.89. The summed E-state index contributed by atoms with van der Waals surface area (Å²) < 4.78 is 18.7. The Morgan fingerprint density at radius 2 is 2.35 bits per heavy atom. The summed E-state index contributed by atoms with van der Waals surface area (Å²) in [5, 5.41) is 25.1. The number of nitrogens with zero attached hydrogens (tertiary/aromatic N) is 3. The number of hydrogen-bond donors (Lipinski definition) is 3. The molecule has 0 spiro atoms. The third kappa shape index (κ3) is 2.18. The lowest BCUT2D eigenvalue weighted by atomic mass is 10.2. The Bertz CT molecular complexity index is 619. The topological polar surface area (TPSA) is 129 Å². The molecule has 1 aliphatic rings. The van der Waals surface area contributed by atoms with Crippen LogP contribution in [-0.2, 0) is 16.1 Å². The molecule has 1 aliphatic heterocycles. The number of nitrogens with two attached hydrogens (primary N) is 1. The summed E-state index contributed by atoms with van der Waals surface area (Å²) in [6.45, 7) is -0.246. The van der Waals surface area contributed by atoms with E-state index >= 15 is 0 Å². The first-order valence-corrected chi connectivity index (χ1v) is 7.25. The first kappa shape index (κ1) is 13.7.